The van der Waals surface area contributed by atoms with Crippen molar-refractivity contribution in [1.82, 2.24) is 4.98 Å². The van der Waals surface area contributed by atoms with Gasteiger partial charge in [-0.15, -0.1) is 0 Å². The molecule has 0 aliphatic rings. The molecule has 1 N–H and O–H groups in total. The number of pyridine rings is 1. The first-order valence-electron chi connectivity index (χ1n) is 9.67. The van der Waals surface area contributed by atoms with Gasteiger partial charge in [-0.2, -0.15) is 0 Å². The van der Waals surface area contributed by atoms with Crippen molar-refractivity contribution in [3.63, 3.8) is 0 Å². The fraction of sp³-hybridized carbons (Fsp3) is 0.0800. The number of halogens is 3. The number of hydrogen-bond acceptors (Lipinski definition) is 4. The molecule has 0 aliphatic heterocycles. The van der Waals surface area contributed by atoms with E-state index in [1.807, 2.05) is 0 Å². The molecule has 0 saturated carbocycles. The number of hydrogen-bond donors (Lipinski definition) is 1. The minimum atomic E-state index is -0.821. The number of rotatable bonds is 5. The Morgan fingerprint density at radius 3 is 2.38 bits per heavy atom. The molecule has 0 saturated heterocycles. The smallest absolute Gasteiger partial charge is 0.227 e. The average Bonchev–Trinajstić information content (AvgIpc) is 2.73. The highest BCUT2D eigenvalue weighted by Gasteiger charge is 2.23. The Morgan fingerprint density at radius 2 is 1.66 bits per heavy atom. The van der Waals surface area contributed by atoms with Gasteiger partial charge in [0.15, 0.2) is 11.6 Å². The molecule has 3 aromatic carbocycles. The molecule has 4 aromatic rings. The molecule has 4 rings (SSSR count). The lowest BCUT2D eigenvalue weighted by Crippen LogP contribution is -1.98. The Kier molecular flexibility index (Phi) is 5.97. The number of phenols is 1. The largest absolute Gasteiger partial charge is 0.507 e. The average molecular weight is 454 g/mol. The Hall–Kier alpha value is -3.64. The summed E-state index contributed by atoms with van der Waals surface area (Å²) in [7, 11) is 0. The van der Waals surface area contributed by atoms with E-state index in [-0.39, 0.29) is 34.3 Å². The topological polar surface area (TPSA) is 51.6 Å². The maximum atomic E-state index is 15.7. The summed E-state index contributed by atoms with van der Waals surface area (Å²) in [6.45, 7) is 3.29. The highest BCUT2D eigenvalue weighted by Crippen LogP contribution is 2.44. The van der Waals surface area contributed by atoms with Gasteiger partial charge in [-0.25, -0.2) is 13.8 Å². The zero-order valence-corrected chi connectivity index (χ0v) is 18.0. The van der Waals surface area contributed by atoms with E-state index in [9.17, 15) is 9.50 Å². The maximum Gasteiger partial charge on any atom is 0.227 e. The van der Waals surface area contributed by atoms with Gasteiger partial charge < -0.3 is 14.6 Å². The first-order valence-corrected chi connectivity index (χ1v) is 10.1. The van der Waals surface area contributed by atoms with Crippen LogP contribution in [-0.2, 0) is 0 Å². The second-order valence-corrected chi connectivity index (χ2v) is 7.65. The highest BCUT2D eigenvalue weighted by atomic mass is 35.5. The van der Waals surface area contributed by atoms with Crippen LogP contribution in [0.4, 0.5) is 8.78 Å². The van der Waals surface area contributed by atoms with E-state index in [2.05, 4.69) is 4.98 Å². The quantitative estimate of drug-likeness (QED) is 0.338. The second-order valence-electron chi connectivity index (χ2n) is 7.21. The molecule has 0 aliphatic carbocycles. The summed E-state index contributed by atoms with van der Waals surface area (Å²) in [5.74, 6) is -1.10. The van der Waals surface area contributed by atoms with Gasteiger partial charge in [0.1, 0.15) is 23.1 Å². The Balaban J connectivity index is 1.79. The summed E-state index contributed by atoms with van der Waals surface area (Å²) >= 11 is 5.91. The van der Waals surface area contributed by atoms with Gasteiger partial charge in [0.2, 0.25) is 5.88 Å². The molecule has 0 fully saturated rings. The van der Waals surface area contributed by atoms with Gasteiger partial charge >= 0.3 is 0 Å². The van der Waals surface area contributed by atoms with Crippen LogP contribution in [0.15, 0.2) is 66.9 Å². The summed E-state index contributed by atoms with van der Waals surface area (Å²) < 4.78 is 40.9. The Morgan fingerprint density at radius 1 is 0.906 bits per heavy atom. The molecule has 162 valence electrons. The molecule has 7 heteroatoms. The zero-order chi connectivity index (χ0) is 22.8. The van der Waals surface area contributed by atoms with E-state index in [0.717, 1.165) is 6.07 Å². The van der Waals surface area contributed by atoms with E-state index in [0.29, 0.717) is 21.9 Å². The minimum absolute atomic E-state index is 0.0837. The fourth-order valence-corrected chi connectivity index (χ4v) is 3.41. The van der Waals surface area contributed by atoms with E-state index in [1.54, 1.807) is 56.3 Å². The van der Waals surface area contributed by atoms with Crippen molar-refractivity contribution >= 4 is 11.6 Å². The number of aromatic nitrogens is 1. The molecule has 4 nitrogen and oxygen atoms in total. The van der Waals surface area contributed by atoms with Gasteiger partial charge in [-0.1, -0.05) is 11.6 Å². The van der Waals surface area contributed by atoms with Crippen LogP contribution in [0.1, 0.15) is 11.1 Å². The van der Waals surface area contributed by atoms with E-state index in [1.165, 1.54) is 18.3 Å². The molecule has 1 heterocycles. The molecule has 0 amide bonds. The van der Waals surface area contributed by atoms with Crippen molar-refractivity contribution in [1.29, 1.82) is 0 Å². The fourth-order valence-electron chi connectivity index (χ4n) is 3.28. The SMILES string of the molecule is Cc1cc(F)cc(Oc2c(C)cc(O)c(-c3cccnc3Oc3ccc(Cl)cc3)c2F)c1. The van der Waals surface area contributed by atoms with Gasteiger partial charge in [-0.3, -0.25) is 0 Å². The molecule has 1 aromatic heterocycles. The van der Waals surface area contributed by atoms with Crippen molar-refractivity contribution in [3.05, 3.63) is 94.6 Å². The lowest BCUT2D eigenvalue weighted by atomic mass is 10.0. The molecular weight excluding hydrogens is 436 g/mol. The maximum absolute atomic E-state index is 15.7. The van der Waals surface area contributed by atoms with Gasteiger partial charge in [0.25, 0.3) is 0 Å². The van der Waals surface area contributed by atoms with Crippen LogP contribution in [0, 0.1) is 25.5 Å². The molecule has 0 atom stereocenters. The predicted octanol–water partition coefficient (Wildman–Crippen LogP) is 7.59. The normalized spacial score (nSPS) is 10.8. The molecule has 0 spiro atoms. The van der Waals surface area contributed by atoms with Crippen LogP contribution < -0.4 is 9.47 Å². The second kappa shape index (κ2) is 8.85. The molecule has 32 heavy (non-hydrogen) atoms. The van der Waals surface area contributed by atoms with E-state index >= 15 is 4.39 Å². The summed E-state index contributed by atoms with van der Waals surface area (Å²) in [6, 6.07) is 15.2. The number of ether oxygens (including phenoxy) is 2. The van der Waals surface area contributed by atoms with Crippen LogP contribution in [0.5, 0.6) is 28.9 Å². The summed E-state index contributed by atoms with van der Waals surface area (Å²) in [4.78, 5) is 4.19. The van der Waals surface area contributed by atoms with Crippen molar-refractivity contribution in [2.45, 2.75) is 13.8 Å². The monoisotopic (exact) mass is 453 g/mol. The first kappa shape index (κ1) is 21.6. The minimum Gasteiger partial charge on any atom is -0.507 e. The van der Waals surface area contributed by atoms with Crippen LogP contribution in [-0.4, -0.2) is 10.1 Å². The van der Waals surface area contributed by atoms with Crippen LogP contribution in [0.3, 0.4) is 0 Å². The van der Waals surface area contributed by atoms with Crippen LogP contribution in [0.2, 0.25) is 5.02 Å². The third-order valence-electron chi connectivity index (χ3n) is 4.69. The van der Waals surface area contributed by atoms with Gasteiger partial charge in [0, 0.05) is 17.3 Å². The van der Waals surface area contributed by atoms with Gasteiger partial charge in [0.05, 0.1) is 11.1 Å². The standard InChI is InChI=1S/C25H18ClF2NO3/c1-14-10-17(27)13-19(11-14)31-24-15(2)12-21(30)22(23(24)28)20-4-3-9-29-25(20)32-18-7-5-16(26)6-8-18/h3-13,30H,1-2H3. The number of aryl methyl sites for hydroxylation is 2. The third kappa shape index (κ3) is 4.50. The van der Waals surface area contributed by atoms with Crippen molar-refractivity contribution < 1.29 is 23.4 Å². The third-order valence-corrected chi connectivity index (χ3v) is 4.94. The van der Waals surface area contributed by atoms with Crippen molar-refractivity contribution in [3.8, 4) is 40.0 Å². The van der Waals surface area contributed by atoms with Crippen molar-refractivity contribution in [2.75, 3.05) is 0 Å². The lowest BCUT2D eigenvalue weighted by molar-refractivity contribution is 0.424. The summed E-state index contributed by atoms with van der Waals surface area (Å²) in [6.07, 6.45) is 1.49. The summed E-state index contributed by atoms with van der Waals surface area (Å²) in [5.41, 5.74) is 1.05. The van der Waals surface area contributed by atoms with E-state index < -0.39 is 11.6 Å². The highest BCUT2D eigenvalue weighted by molar-refractivity contribution is 6.30. The van der Waals surface area contributed by atoms with Crippen molar-refractivity contribution in [2.24, 2.45) is 0 Å². The molecule has 0 unspecified atom stereocenters. The predicted molar refractivity (Wildman–Crippen MR) is 119 cm³/mol. The first-order chi connectivity index (χ1) is 15.3. The van der Waals surface area contributed by atoms with Crippen LogP contribution >= 0.6 is 11.6 Å². The van der Waals surface area contributed by atoms with E-state index in [4.69, 9.17) is 21.1 Å². The molecule has 0 bridgehead atoms. The number of phenolic OH excluding ortho intramolecular Hbond substituents is 1. The van der Waals surface area contributed by atoms with Gasteiger partial charge in [-0.05, 0) is 79.6 Å². The number of aromatic hydroxyl groups is 1. The lowest BCUT2D eigenvalue weighted by Gasteiger charge is -2.16. The van der Waals surface area contributed by atoms with Crippen LogP contribution in [0.25, 0.3) is 11.1 Å². The number of nitrogens with zero attached hydrogens (tertiary/aromatic N) is 1. The Bertz CT molecular complexity index is 1270. The zero-order valence-electron chi connectivity index (χ0n) is 17.2. The molecule has 0 radical (unpaired) electrons. The molecular formula is C25H18ClF2NO3. The number of benzene rings is 3. The Labute approximate surface area is 188 Å². The summed E-state index contributed by atoms with van der Waals surface area (Å²) in [5, 5.41) is 11.1.